The zero-order valence-corrected chi connectivity index (χ0v) is 11.7. The second kappa shape index (κ2) is 8.00. The topological polar surface area (TPSA) is 21.3 Å². The van der Waals surface area contributed by atoms with E-state index in [1.807, 2.05) is 24.3 Å². The Labute approximate surface area is 116 Å². The van der Waals surface area contributed by atoms with Crippen LogP contribution in [0.15, 0.2) is 36.9 Å². The lowest BCUT2D eigenvalue weighted by Gasteiger charge is -2.13. The predicted octanol–water partition coefficient (Wildman–Crippen LogP) is 3.72. The Hall–Kier alpha value is -1.28. The normalized spacial score (nSPS) is 15.6. The summed E-state index contributed by atoms with van der Waals surface area (Å²) < 4.78 is 5.87. The summed E-state index contributed by atoms with van der Waals surface area (Å²) in [6, 6.07) is 8.98. The third-order valence-electron chi connectivity index (χ3n) is 3.70. The second-order valence-electron chi connectivity index (χ2n) is 5.24. The highest BCUT2D eigenvalue weighted by Crippen LogP contribution is 2.19. The number of benzene rings is 1. The molecule has 0 radical (unpaired) electrons. The van der Waals surface area contributed by atoms with Crippen molar-refractivity contribution in [3.63, 3.8) is 0 Å². The average Bonchev–Trinajstić information content (AvgIpc) is 2.94. The van der Waals surface area contributed by atoms with Gasteiger partial charge in [0.2, 0.25) is 0 Å². The molecule has 1 aromatic carbocycles. The van der Waals surface area contributed by atoms with E-state index in [0.717, 1.165) is 37.8 Å². The molecule has 1 aromatic rings. The molecule has 1 saturated carbocycles. The maximum absolute atomic E-state index is 5.87. The third kappa shape index (κ3) is 4.71. The van der Waals surface area contributed by atoms with Crippen LogP contribution in [0, 0.1) is 0 Å². The first-order chi connectivity index (χ1) is 9.40. The summed E-state index contributed by atoms with van der Waals surface area (Å²) >= 11 is 0. The lowest BCUT2D eigenvalue weighted by atomic mass is 10.1. The summed E-state index contributed by atoms with van der Waals surface area (Å²) in [5.74, 6) is 1.00. The third-order valence-corrected chi connectivity index (χ3v) is 3.70. The molecule has 0 unspecified atom stereocenters. The van der Waals surface area contributed by atoms with Gasteiger partial charge in [0.05, 0.1) is 6.61 Å². The fourth-order valence-corrected chi connectivity index (χ4v) is 2.66. The highest BCUT2D eigenvalue weighted by Gasteiger charge is 2.13. The Bertz CT molecular complexity index is 383. The summed E-state index contributed by atoms with van der Waals surface area (Å²) in [6.45, 7) is 5.63. The van der Waals surface area contributed by atoms with Crippen LogP contribution in [0.2, 0.25) is 0 Å². The van der Waals surface area contributed by atoms with Gasteiger partial charge in [0, 0.05) is 6.04 Å². The Morgan fingerprint density at radius 1 is 1.26 bits per heavy atom. The fraction of sp³-hybridized carbons (Fsp3) is 0.529. The highest BCUT2D eigenvalue weighted by molar-refractivity contribution is 5.34. The molecule has 0 heterocycles. The van der Waals surface area contributed by atoms with Crippen LogP contribution in [0.25, 0.3) is 0 Å². The van der Waals surface area contributed by atoms with E-state index in [2.05, 4.69) is 18.0 Å². The Morgan fingerprint density at radius 2 is 2.05 bits per heavy atom. The minimum atomic E-state index is 0.757. The number of rotatable bonds is 8. The highest BCUT2D eigenvalue weighted by atomic mass is 16.5. The molecule has 0 aromatic heterocycles. The van der Waals surface area contributed by atoms with Gasteiger partial charge in [-0.1, -0.05) is 37.1 Å². The second-order valence-corrected chi connectivity index (χ2v) is 5.24. The minimum absolute atomic E-state index is 0.757. The van der Waals surface area contributed by atoms with E-state index in [9.17, 15) is 0 Å². The van der Waals surface area contributed by atoms with Crippen LogP contribution in [-0.4, -0.2) is 19.2 Å². The van der Waals surface area contributed by atoms with Gasteiger partial charge in [-0.3, -0.25) is 0 Å². The van der Waals surface area contributed by atoms with Crippen molar-refractivity contribution in [3.8, 4) is 5.75 Å². The Balaban J connectivity index is 1.65. The van der Waals surface area contributed by atoms with Crippen molar-refractivity contribution in [1.29, 1.82) is 0 Å². The number of para-hydroxylation sites is 1. The Morgan fingerprint density at radius 3 is 2.84 bits per heavy atom. The number of nitrogens with one attached hydrogen (secondary N) is 1. The molecule has 1 aliphatic rings. The molecular formula is C17H25NO. The molecular weight excluding hydrogens is 234 g/mol. The zero-order valence-electron chi connectivity index (χ0n) is 11.7. The van der Waals surface area contributed by atoms with Crippen LogP contribution in [0.4, 0.5) is 0 Å². The first kappa shape index (κ1) is 14.1. The van der Waals surface area contributed by atoms with Crippen LogP contribution < -0.4 is 10.1 Å². The first-order valence-electron chi connectivity index (χ1n) is 7.45. The van der Waals surface area contributed by atoms with Gasteiger partial charge in [-0.25, -0.2) is 0 Å². The minimum Gasteiger partial charge on any atom is -0.493 e. The van der Waals surface area contributed by atoms with Gasteiger partial charge in [0.25, 0.3) is 0 Å². The van der Waals surface area contributed by atoms with Crippen molar-refractivity contribution in [2.75, 3.05) is 13.2 Å². The van der Waals surface area contributed by atoms with Gasteiger partial charge in [0.15, 0.2) is 0 Å². The summed E-state index contributed by atoms with van der Waals surface area (Å²) in [7, 11) is 0. The maximum Gasteiger partial charge on any atom is 0.122 e. The van der Waals surface area contributed by atoms with E-state index in [4.69, 9.17) is 4.74 Å². The zero-order chi connectivity index (χ0) is 13.3. The predicted molar refractivity (Wildman–Crippen MR) is 80.7 cm³/mol. The summed E-state index contributed by atoms with van der Waals surface area (Å²) in [4.78, 5) is 0. The van der Waals surface area contributed by atoms with E-state index in [1.54, 1.807) is 0 Å². The molecule has 2 rings (SSSR count). The lowest BCUT2D eigenvalue weighted by molar-refractivity contribution is 0.302. The van der Waals surface area contributed by atoms with Crippen LogP contribution in [0.5, 0.6) is 5.75 Å². The van der Waals surface area contributed by atoms with Gasteiger partial charge in [0.1, 0.15) is 5.75 Å². The number of ether oxygens (including phenoxy) is 1. The van der Waals surface area contributed by atoms with Gasteiger partial charge < -0.3 is 10.1 Å². The molecule has 0 saturated heterocycles. The molecule has 0 atom stereocenters. The number of allylic oxidation sites excluding steroid dienone is 1. The SMILES string of the molecule is C=CCc1ccccc1OCCCNC1CCCC1. The van der Waals surface area contributed by atoms with E-state index in [0.29, 0.717) is 0 Å². The first-order valence-corrected chi connectivity index (χ1v) is 7.45. The van der Waals surface area contributed by atoms with E-state index < -0.39 is 0 Å². The van der Waals surface area contributed by atoms with Gasteiger partial charge in [-0.15, -0.1) is 6.58 Å². The maximum atomic E-state index is 5.87. The van der Waals surface area contributed by atoms with Crippen LogP contribution in [-0.2, 0) is 6.42 Å². The smallest absolute Gasteiger partial charge is 0.122 e. The van der Waals surface area contributed by atoms with Gasteiger partial charge in [-0.2, -0.15) is 0 Å². The lowest BCUT2D eigenvalue weighted by Crippen LogP contribution is -2.27. The van der Waals surface area contributed by atoms with Crippen LogP contribution in [0.3, 0.4) is 0 Å². The van der Waals surface area contributed by atoms with Gasteiger partial charge in [-0.05, 0) is 43.9 Å². The molecule has 0 amide bonds. The van der Waals surface area contributed by atoms with Gasteiger partial charge >= 0.3 is 0 Å². The molecule has 19 heavy (non-hydrogen) atoms. The van der Waals surface area contributed by atoms with Crippen LogP contribution >= 0.6 is 0 Å². The molecule has 1 aliphatic carbocycles. The fourth-order valence-electron chi connectivity index (χ4n) is 2.66. The quantitative estimate of drug-likeness (QED) is 0.567. The molecule has 1 fully saturated rings. The molecule has 2 nitrogen and oxygen atoms in total. The largest absolute Gasteiger partial charge is 0.493 e. The molecule has 0 aliphatic heterocycles. The van der Waals surface area contributed by atoms with Crippen molar-refractivity contribution in [1.82, 2.24) is 5.32 Å². The molecule has 104 valence electrons. The molecule has 0 bridgehead atoms. The summed E-state index contributed by atoms with van der Waals surface area (Å²) in [5, 5.41) is 3.61. The Kier molecular flexibility index (Phi) is 5.96. The van der Waals surface area contributed by atoms with Crippen molar-refractivity contribution < 1.29 is 4.74 Å². The number of hydrogen-bond donors (Lipinski definition) is 1. The van der Waals surface area contributed by atoms with Crippen molar-refractivity contribution >= 4 is 0 Å². The molecule has 1 N–H and O–H groups in total. The monoisotopic (exact) mass is 259 g/mol. The van der Waals surface area contributed by atoms with E-state index in [1.165, 1.54) is 31.2 Å². The summed E-state index contributed by atoms with van der Waals surface area (Å²) in [6.07, 6.45) is 9.34. The van der Waals surface area contributed by atoms with E-state index in [-0.39, 0.29) is 0 Å². The van der Waals surface area contributed by atoms with Crippen molar-refractivity contribution in [2.45, 2.75) is 44.6 Å². The summed E-state index contributed by atoms with van der Waals surface area (Å²) in [5.41, 5.74) is 1.22. The van der Waals surface area contributed by atoms with E-state index >= 15 is 0 Å². The van der Waals surface area contributed by atoms with Crippen molar-refractivity contribution in [2.24, 2.45) is 0 Å². The van der Waals surface area contributed by atoms with Crippen molar-refractivity contribution in [3.05, 3.63) is 42.5 Å². The molecule has 2 heteroatoms. The van der Waals surface area contributed by atoms with Crippen LogP contribution in [0.1, 0.15) is 37.7 Å². The standard InChI is InChI=1S/C17H25NO/c1-2-8-15-9-3-6-12-17(15)19-14-7-13-18-16-10-4-5-11-16/h2-3,6,9,12,16,18H,1,4-5,7-8,10-11,13-14H2. The number of hydrogen-bond acceptors (Lipinski definition) is 2. The average molecular weight is 259 g/mol. The molecule has 0 spiro atoms.